The van der Waals surface area contributed by atoms with Crippen LogP contribution in [0.4, 0.5) is 0 Å². The fraction of sp³-hybridized carbons (Fsp3) is 0.222. The van der Waals surface area contributed by atoms with Crippen LogP contribution in [0.15, 0.2) is 29.2 Å². The van der Waals surface area contributed by atoms with Crippen molar-refractivity contribution in [2.24, 2.45) is 0 Å². The zero-order valence-electron chi connectivity index (χ0n) is 7.81. The van der Waals surface area contributed by atoms with E-state index in [9.17, 15) is 13.2 Å². The van der Waals surface area contributed by atoms with E-state index in [4.69, 9.17) is 0 Å². The summed E-state index contributed by atoms with van der Waals surface area (Å²) in [6.07, 6.45) is 0.669. The van der Waals surface area contributed by atoms with Gasteiger partial charge in [-0.2, -0.15) is 0 Å². The minimum Gasteiger partial charge on any atom is -0.298 e. The van der Waals surface area contributed by atoms with Crippen LogP contribution in [0.5, 0.6) is 0 Å². The maximum Gasteiger partial charge on any atom is 0.240 e. The topological polar surface area (TPSA) is 63.2 Å². The van der Waals surface area contributed by atoms with Crippen molar-refractivity contribution in [1.82, 2.24) is 4.72 Å². The molecule has 1 aromatic carbocycles. The van der Waals surface area contributed by atoms with Crippen LogP contribution in [0.25, 0.3) is 0 Å². The lowest BCUT2D eigenvalue weighted by Crippen LogP contribution is -2.25. The molecule has 0 radical (unpaired) electrons. The van der Waals surface area contributed by atoms with Gasteiger partial charge in [0.1, 0.15) is 6.29 Å². The molecule has 0 unspecified atom stereocenters. The van der Waals surface area contributed by atoms with Crippen molar-refractivity contribution in [3.8, 4) is 0 Å². The van der Waals surface area contributed by atoms with E-state index < -0.39 is 10.0 Å². The second-order valence-corrected chi connectivity index (χ2v) is 5.33. The molecule has 4 nitrogen and oxygen atoms in total. The largest absolute Gasteiger partial charge is 0.298 e. The highest BCUT2D eigenvalue weighted by atomic mass is 79.9. The van der Waals surface area contributed by atoms with Crippen LogP contribution in [0.1, 0.15) is 10.4 Å². The summed E-state index contributed by atoms with van der Waals surface area (Å²) in [6.45, 7) is 0.331. The first kappa shape index (κ1) is 12.4. The monoisotopic (exact) mass is 291 g/mol. The van der Waals surface area contributed by atoms with E-state index in [1.54, 1.807) is 0 Å². The van der Waals surface area contributed by atoms with Crippen LogP contribution in [0.2, 0.25) is 0 Å². The fourth-order valence-electron chi connectivity index (χ4n) is 0.982. The number of sulfonamides is 1. The van der Waals surface area contributed by atoms with E-state index in [1.807, 2.05) is 0 Å². The molecule has 82 valence electrons. The number of carbonyl (C=O) groups excluding carboxylic acids is 1. The maximum atomic E-state index is 11.6. The predicted molar refractivity (Wildman–Crippen MR) is 60.8 cm³/mol. The second kappa shape index (κ2) is 5.39. The number of halogens is 1. The molecule has 0 heterocycles. The third kappa shape index (κ3) is 3.40. The number of aldehydes is 1. The van der Waals surface area contributed by atoms with Gasteiger partial charge in [-0.25, -0.2) is 13.1 Å². The van der Waals surface area contributed by atoms with Gasteiger partial charge in [0.2, 0.25) is 10.0 Å². The lowest BCUT2D eigenvalue weighted by Gasteiger charge is -2.04. The van der Waals surface area contributed by atoms with Crippen molar-refractivity contribution >= 4 is 32.2 Å². The Morgan fingerprint density at radius 1 is 1.27 bits per heavy atom. The molecule has 0 saturated carbocycles. The highest BCUT2D eigenvalue weighted by Gasteiger charge is 2.12. The highest BCUT2D eigenvalue weighted by molar-refractivity contribution is 9.09. The molecule has 1 aromatic rings. The molecule has 1 N–H and O–H groups in total. The molecular formula is C9H10BrNO3S. The van der Waals surface area contributed by atoms with Gasteiger partial charge in [0.15, 0.2) is 0 Å². The molecular weight excluding hydrogens is 282 g/mol. The summed E-state index contributed by atoms with van der Waals surface area (Å²) in [5.74, 6) is 0. The van der Waals surface area contributed by atoms with E-state index in [2.05, 4.69) is 20.7 Å². The molecule has 0 aliphatic rings. The number of hydrogen-bond acceptors (Lipinski definition) is 3. The first-order valence-corrected chi connectivity index (χ1v) is 6.81. The van der Waals surface area contributed by atoms with E-state index >= 15 is 0 Å². The average Bonchev–Trinajstić information content (AvgIpc) is 2.26. The number of benzene rings is 1. The highest BCUT2D eigenvalue weighted by Crippen LogP contribution is 2.09. The van der Waals surface area contributed by atoms with Crippen LogP contribution >= 0.6 is 15.9 Å². The number of rotatable bonds is 5. The third-order valence-electron chi connectivity index (χ3n) is 1.71. The molecule has 0 aromatic heterocycles. The third-order valence-corrected chi connectivity index (χ3v) is 3.59. The number of nitrogens with one attached hydrogen (secondary N) is 1. The summed E-state index contributed by atoms with van der Waals surface area (Å²) in [4.78, 5) is 10.5. The SMILES string of the molecule is O=Cc1ccc(S(=O)(=O)NCCBr)cc1. The van der Waals surface area contributed by atoms with Gasteiger partial charge >= 0.3 is 0 Å². The molecule has 0 amide bonds. The Bertz CT molecular complexity index is 427. The Morgan fingerprint density at radius 3 is 2.33 bits per heavy atom. The van der Waals surface area contributed by atoms with Gasteiger partial charge in [-0.15, -0.1) is 0 Å². The first-order valence-electron chi connectivity index (χ1n) is 4.21. The van der Waals surface area contributed by atoms with E-state index in [0.717, 1.165) is 0 Å². The van der Waals surface area contributed by atoms with Gasteiger partial charge in [0.05, 0.1) is 4.90 Å². The summed E-state index contributed by atoms with van der Waals surface area (Å²) in [7, 11) is -3.44. The normalized spacial score (nSPS) is 11.3. The minimum atomic E-state index is -3.44. The Balaban J connectivity index is 2.90. The second-order valence-electron chi connectivity index (χ2n) is 2.77. The van der Waals surface area contributed by atoms with Gasteiger partial charge in [-0.05, 0) is 12.1 Å². The Hall–Kier alpha value is -0.720. The molecule has 0 saturated heterocycles. The Morgan fingerprint density at radius 2 is 1.87 bits per heavy atom. The molecule has 1 rings (SSSR count). The standard InChI is InChI=1S/C9H10BrNO3S/c10-5-6-11-15(13,14)9-3-1-8(7-12)2-4-9/h1-4,7,11H,5-6H2. The number of alkyl halides is 1. The molecule has 0 fully saturated rings. The van der Waals surface area contributed by atoms with Gasteiger partial charge in [-0.1, -0.05) is 28.1 Å². The van der Waals surface area contributed by atoms with Gasteiger partial charge in [0.25, 0.3) is 0 Å². The zero-order chi connectivity index (χ0) is 11.3. The van der Waals surface area contributed by atoms with Crippen molar-refractivity contribution in [3.05, 3.63) is 29.8 Å². The quantitative estimate of drug-likeness (QED) is 0.654. The van der Waals surface area contributed by atoms with Gasteiger partial charge < -0.3 is 0 Å². The smallest absolute Gasteiger partial charge is 0.240 e. The molecule has 0 aliphatic carbocycles. The molecule has 15 heavy (non-hydrogen) atoms. The predicted octanol–water partition coefficient (Wildman–Crippen LogP) is 1.17. The van der Waals surface area contributed by atoms with Crippen LogP contribution in [0.3, 0.4) is 0 Å². The minimum absolute atomic E-state index is 0.161. The van der Waals surface area contributed by atoms with Crippen molar-refractivity contribution in [1.29, 1.82) is 0 Å². The summed E-state index contributed by atoms with van der Waals surface area (Å²) >= 11 is 3.12. The summed E-state index contributed by atoms with van der Waals surface area (Å²) in [5, 5.41) is 0.554. The van der Waals surface area contributed by atoms with Gasteiger partial charge in [-0.3, -0.25) is 4.79 Å². The lowest BCUT2D eigenvalue weighted by atomic mass is 10.2. The molecule has 0 spiro atoms. The van der Waals surface area contributed by atoms with Crippen LogP contribution in [-0.2, 0) is 10.0 Å². The Kier molecular flexibility index (Phi) is 4.44. The summed E-state index contributed by atoms with van der Waals surface area (Å²) in [5.41, 5.74) is 0.453. The molecule has 6 heteroatoms. The van der Waals surface area contributed by atoms with Crippen molar-refractivity contribution < 1.29 is 13.2 Å². The molecule has 0 bridgehead atoms. The first-order chi connectivity index (χ1) is 7.10. The van der Waals surface area contributed by atoms with Crippen molar-refractivity contribution in [3.63, 3.8) is 0 Å². The average molecular weight is 292 g/mol. The fourth-order valence-corrected chi connectivity index (χ4v) is 2.47. The van der Waals surface area contributed by atoms with E-state index in [-0.39, 0.29) is 4.90 Å². The van der Waals surface area contributed by atoms with Crippen molar-refractivity contribution in [2.45, 2.75) is 4.90 Å². The Labute approximate surface area is 96.9 Å². The lowest BCUT2D eigenvalue weighted by molar-refractivity contribution is 0.112. The summed E-state index contributed by atoms with van der Waals surface area (Å²) in [6, 6.07) is 5.74. The molecule has 0 atom stereocenters. The van der Waals surface area contributed by atoms with Crippen LogP contribution in [-0.4, -0.2) is 26.6 Å². The van der Waals surface area contributed by atoms with E-state index in [0.29, 0.717) is 23.7 Å². The number of hydrogen-bond donors (Lipinski definition) is 1. The van der Waals surface area contributed by atoms with E-state index in [1.165, 1.54) is 24.3 Å². The maximum absolute atomic E-state index is 11.6. The van der Waals surface area contributed by atoms with Gasteiger partial charge in [0, 0.05) is 17.4 Å². The number of carbonyl (C=O) groups is 1. The zero-order valence-corrected chi connectivity index (χ0v) is 10.2. The molecule has 0 aliphatic heterocycles. The van der Waals surface area contributed by atoms with Crippen LogP contribution < -0.4 is 4.72 Å². The van der Waals surface area contributed by atoms with Crippen LogP contribution in [0, 0.1) is 0 Å². The summed E-state index contributed by atoms with van der Waals surface area (Å²) < 4.78 is 25.5. The van der Waals surface area contributed by atoms with Crippen molar-refractivity contribution in [2.75, 3.05) is 11.9 Å².